The molecular formula is C10H16O3. The van der Waals surface area contributed by atoms with Crippen LogP contribution in [0.4, 0.5) is 0 Å². The van der Waals surface area contributed by atoms with E-state index < -0.39 is 0 Å². The molecule has 0 aromatic heterocycles. The van der Waals surface area contributed by atoms with Crippen LogP contribution in [0.1, 0.15) is 19.3 Å². The molecule has 3 heteroatoms. The van der Waals surface area contributed by atoms with E-state index in [0.717, 1.165) is 12.0 Å². The van der Waals surface area contributed by atoms with Crippen molar-refractivity contribution in [3.63, 3.8) is 0 Å². The van der Waals surface area contributed by atoms with E-state index >= 15 is 0 Å². The molecule has 0 N–H and O–H groups in total. The molecule has 0 fully saturated rings. The predicted octanol–water partition coefficient (Wildman–Crippen LogP) is 1.33. The SMILES string of the molecule is COCC1=C(COC)CC(=O)CC1. The van der Waals surface area contributed by atoms with Crippen LogP contribution in [0.3, 0.4) is 0 Å². The van der Waals surface area contributed by atoms with Crippen LogP contribution >= 0.6 is 0 Å². The first-order chi connectivity index (χ1) is 6.27. The molecule has 0 saturated carbocycles. The fraction of sp³-hybridized carbons (Fsp3) is 0.700. The standard InChI is InChI=1S/C10H16O3/c1-12-6-8-3-4-10(11)5-9(8)7-13-2/h3-7H2,1-2H3. The van der Waals surface area contributed by atoms with Crippen molar-refractivity contribution in [3.05, 3.63) is 11.1 Å². The third-order valence-corrected chi connectivity index (χ3v) is 2.25. The lowest BCUT2D eigenvalue weighted by Gasteiger charge is -2.18. The first-order valence-corrected chi connectivity index (χ1v) is 4.47. The Bertz CT molecular complexity index is 218. The van der Waals surface area contributed by atoms with Crippen LogP contribution in [-0.4, -0.2) is 33.2 Å². The maximum atomic E-state index is 11.2. The van der Waals surface area contributed by atoms with Gasteiger partial charge in [0.2, 0.25) is 0 Å². The largest absolute Gasteiger partial charge is 0.380 e. The molecule has 0 saturated heterocycles. The smallest absolute Gasteiger partial charge is 0.137 e. The van der Waals surface area contributed by atoms with Gasteiger partial charge in [-0.2, -0.15) is 0 Å². The minimum Gasteiger partial charge on any atom is -0.380 e. The number of carbonyl (C=O) groups is 1. The second kappa shape index (κ2) is 5.14. The zero-order valence-corrected chi connectivity index (χ0v) is 8.26. The minimum atomic E-state index is 0.312. The summed E-state index contributed by atoms with van der Waals surface area (Å²) in [4.78, 5) is 11.2. The van der Waals surface area contributed by atoms with Crippen molar-refractivity contribution in [2.24, 2.45) is 0 Å². The molecule has 0 spiro atoms. The Kier molecular flexibility index (Phi) is 4.12. The summed E-state index contributed by atoms with van der Waals surface area (Å²) in [5.41, 5.74) is 2.35. The van der Waals surface area contributed by atoms with Gasteiger partial charge in [-0.05, 0) is 17.6 Å². The molecule has 1 rings (SSSR count). The Hall–Kier alpha value is -0.670. The highest BCUT2D eigenvalue weighted by Gasteiger charge is 2.17. The molecule has 0 unspecified atom stereocenters. The van der Waals surface area contributed by atoms with Gasteiger partial charge in [0.05, 0.1) is 13.2 Å². The predicted molar refractivity (Wildman–Crippen MR) is 49.6 cm³/mol. The average molecular weight is 184 g/mol. The van der Waals surface area contributed by atoms with E-state index in [2.05, 4.69) is 0 Å². The van der Waals surface area contributed by atoms with Crippen molar-refractivity contribution in [1.82, 2.24) is 0 Å². The first kappa shape index (κ1) is 10.4. The monoisotopic (exact) mass is 184 g/mol. The van der Waals surface area contributed by atoms with E-state index in [4.69, 9.17) is 9.47 Å². The normalized spacial score (nSPS) is 18.2. The summed E-state index contributed by atoms with van der Waals surface area (Å²) in [5.74, 6) is 0.312. The van der Waals surface area contributed by atoms with Crippen LogP contribution in [0.15, 0.2) is 11.1 Å². The zero-order valence-electron chi connectivity index (χ0n) is 8.26. The number of Topliss-reactive ketones (excluding diaryl/α,β-unsaturated/α-hetero) is 1. The number of hydrogen-bond donors (Lipinski definition) is 0. The van der Waals surface area contributed by atoms with Crippen LogP contribution in [0, 0.1) is 0 Å². The molecule has 0 aromatic carbocycles. The Morgan fingerprint density at radius 3 is 2.31 bits per heavy atom. The lowest BCUT2D eigenvalue weighted by Crippen LogP contribution is -2.15. The maximum absolute atomic E-state index is 11.2. The minimum absolute atomic E-state index is 0.312. The molecule has 0 atom stereocenters. The zero-order chi connectivity index (χ0) is 9.68. The van der Waals surface area contributed by atoms with Crippen LogP contribution in [0.2, 0.25) is 0 Å². The van der Waals surface area contributed by atoms with Crippen molar-refractivity contribution in [2.45, 2.75) is 19.3 Å². The maximum Gasteiger partial charge on any atom is 0.137 e. The lowest BCUT2D eigenvalue weighted by atomic mass is 9.91. The molecule has 13 heavy (non-hydrogen) atoms. The van der Waals surface area contributed by atoms with Gasteiger partial charge in [0, 0.05) is 27.1 Å². The Balaban J connectivity index is 2.67. The van der Waals surface area contributed by atoms with Crippen molar-refractivity contribution < 1.29 is 14.3 Å². The van der Waals surface area contributed by atoms with Crippen LogP contribution in [0.25, 0.3) is 0 Å². The molecule has 1 aliphatic rings. The average Bonchev–Trinajstić information content (AvgIpc) is 2.10. The summed E-state index contributed by atoms with van der Waals surface area (Å²) in [5, 5.41) is 0. The Labute approximate surface area is 78.7 Å². The Morgan fingerprint density at radius 2 is 1.69 bits per heavy atom. The van der Waals surface area contributed by atoms with Crippen LogP contribution in [-0.2, 0) is 14.3 Å². The van der Waals surface area contributed by atoms with E-state index in [1.54, 1.807) is 14.2 Å². The number of methoxy groups -OCH3 is 2. The quantitative estimate of drug-likeness (QED) is 0.618. The number of carbonyl (C=O) groups excluding carboxylic acids is 1. The molecule has 0 aromatic rings. The number of hydrogen-bond acceptors (Lipinski definition) is 3. The number of rotatable bonds is 4. The molecule has 74 valence electrons. The lowest BCUT2D eigenvalue weighted by molar-refractivity contribution is -0.118. The van der Waals surface area contributed by atoms with Gasteiger partial charge in [0.1, 0.15) is 5.78 Å². The van der Waals surface area contributed by atoms with E-state index in [-0.39, 0.29) is 0 Å². The highest BCUT2D eigenvalue weighted by atomic mass is 16.5. The first-order valence-electron chi connectivity index (χ1n) is 4.47. The van der Waals surface area contributed by atoms with Crippen molar-refractivity contribution >= 4 is 5.78 Å². The topological polar surface area (TPSA) is 35.5 Å². The molecule has 0 amide bonds. The summed E-state index contributed by atoms with van der Waals surface area (Å²) in [7, 11) is 3.32. The van der Waals surface area contributed by atoms with Crippen LogP contribution < -0.4 is 0 Å². The van der Waals surface area contributed by atoms with E-state index in [0.29, 0.717) is 31.8 Å². The third kappa shape index (κ3) is 2.94. The summed E-state index contributed by atoms with van der Waals surface area (Å²) >= 11 is 0. The van der Waals surface area contributed by atoms with Gasteiger partial charge in [-0.1, -0.05) is 0 Å². The molecule has 0 aliphatic heterocycles. The molecule has 0 radical (unpaired) electrons. The molecule has 1 aliphatic carbocycles. The van der Waals surface area contributed by atoms with Gasteiger partial charge < -0.3 is 9.47 Å². The van der Waals surface area contributed by atoms with E-state index in [1.807, 2.05) is 0 Å². The fourth-order valence-electron chi connectivity index (χ4n) is 1.59. The molecular weight excluding hydrogens is 168 g/mol. The van der Waals surface area contributed by atoms with Gasteiger partial charge in [-0.15, -0.1) is 0 Å². The van der Waals surface area contributed by atoms with Gasteiger partial charge in [-0.3, -0.25) is 4.79 Å². The highest BCUT2D eigenvalue weighted by molar-refractivity contribution is 5.82. The van der Waals surface area contributed by atoms with Crippen molar-refractivity contribution in [2.75, 3.05) is 27.4 Å². The summed E-state index contributed by atoms with van der Waals surface area (Å²) in [6.45, 7) is 1.19. The second-order valence-corrected chi connectivity index (χ2v) is 3.29. The highest BCUT2D eigenvalue weighted by Crippen LogP contribution is 2.22. The number of ketones is 1. The van der Waals surface area contributed by atoms with Gasteiger partial charge in [-0.25, -0.2) is 0 Å². The molecule has 0 heterocycles. The van der Waals surface area contributed by atoms with Gasteiger partial charge >= 0.3 is 0 Å². The second-order valence-electron chi connectivity index (χ2n) is 3.29. The van der Waals surface area contributed by atoms with E-state index in [1.165, 1.54) is 5.57 Å². The number of ether oxygens (including phenoxy) is 2. The summed E-state index contributed by atoms with van der Waals surface area (Å²) in [6.07, 6.45) is 2.05. The fourth-order valence-corrected chi connectivity index (χ4v) is 1.59. The van der Waals surface area contributed by atoms with E-state index in [9.17, 15) is 4.79 Å². The Morgan fingerprint density at radius 1 is 1.08 bits per heavy atom. The van der Waals surface area contributed by atoms with Crippen LogP contribution in [0.5, 0.6) is 0 Å². The third-order valence-electron chi connectivity index (χ3n) is 2.25. The summed E-state index contributed by atoms with van der Waals surface area (Å²) in [6, 6.07) is 0. The van der Waals surface area contributed by atoms with Crippen molar-refractivity contribution in [3.8, 4) is 0 Å². The van der Waals surface area contributed by atoms with Gasteiger partial charge in [0.25, 0.3) is 0 Å². The van der Waals surface area contributed by atoms with Gasteiger partial charge in [0.15, 0.2) is 0 Å². The molecule has 0 bridgehead atoms. The van der Waals surface area contributed by atoms with Crippen molar-refractivity contribution in [1.29, 1.82) is 0 Å². The summed E-state index contributed by atoms with van der Waals surface area (Å²) < 4.78 is 10.1. The molecule has 3 nitrogen and oxygen atoms in total.